The minimum atomic E-state index is -0.897. The van der Waals surface area contributed by atoms with E-state index in [0.29, 0.717) is 11.6 Å². The second-order valence-electron chi connectivity index (χ2n) is 7.09. The van der Waals surface area contributed by atoms with Gasteiger partial charge in [-0.1, -0.05) is 36.1 Å². The first-order chi connectivity index (χ1) is 15.0. The lowest BCUT2D eigenvalue weighted by molar-refractivity contribution is 0.0536. The molecule has 3 aromatic rings. The van der Waals surface area contributed by atoms with Crippen molar-refractivity contribution in [3.8, 4) is 28.7 Å². The van der Waals surface area contributed by atoms with Crippen LogP contribution in [0.25, 0.3) is 11.1 Å². The molecule has 162 valence electrons. The topological polar surface area (TPSA) is 108 Å². The van der Waals surface area contributed by atoms with E-state index in [1.807, 2.05) is 48.5 Å². The van der Waals surface area contributed by atoms with Crippen LogP contribution in [0.1, 0.15) is 30.5 Å². The number of aromatic nitrogens is 2. The van der Waals surface area contributed by atoms with Gasteiger partial charge in [0.25, 0.3) is 0 Å². The van der Waals surface area contributed by atoms with Crippen molar-refractivity contribution in [1.29, 1.82) is 0 Å². The van der Waals surface area contributed by atoms with E-state index in [9.17, 15) is 15.3 Å². The van der Waals surface area contributed by atoms with Gasteiger partial charge in [-0.15, -0.1) is 0 Å². The Labute approximate surface area is 181 Å². The third-order valence-electron chi connectivity index (χ3n) is 4.69. The fourth-order valence-electron chi connectivity index (χ4n) is 3.02. The standard InChI is InChI=1S/C24H26N2O5/c1-17(29)24-25-12-13-26(24)21(14-27)9-4-18-2-5-19(6-3-18)20-7-10-23(11-8-20)31-16-22(30)15-28/h2-3,5-8,10-13,17,21-22,27-30H,14-16H2,1H3/t17-,21?,22?/m0/s1. The summed E-state index contributed by atoms with van der Waals surface area (Å²) >= 11 is 0. The molecule has 2 unspecified atom stereocenters. The number of benzene rings is 2. The zero-order valence-electron chi connectivity index (χ0n) is 17.2. The fraction of sp³-hybridized carbons (Fsp3) is 0.292. The third-order valence-corrected chi connectivity index (χ3v) is 4.69. The molecular weight excluding hydrogens is 396 g/mol. The average Bonchev–Trinajstić information content (AvgIpc) is 3.29. The Morgan fingerprint density at radius 2 is 1.61 bits per heavy atom. The van der Waals surface area contributed by atoms with Gasteiger partial charge in [-0.3, -0.25) is 0 Å². The summed E-state index contributed by atoms with van der Waals surface area (Å²) in [5, 5.41) is 37.7. The Balaban J connectivity index is 1.68. The molecule has 7 nitrogen and oxygen atoms in total. The van der Waals surface area contributed by atoms with Crippen LogP contribution in [0.15, 0.2) is 60.9 Å². The van der Waals surface area contributed by atoms with Gasteiger partial charge in [-0.25, -0.2) is 4.98 Å². The zero-order valence-corrected chi connectivity index (χ0v) is 17.2. The maximum Gasteiger partial charge on any atom is 0.138 e. The molecule has 0 fully saturated rings. The maximum absolute atomic E-state index is 9.80. The van der Waals surface area contributed by atoms with Crippen LogP contribution in [0, 0.1) is 11.8 Å². The van der Waals surface area contributed by atoms with E-state index < -0.39 is 18.2 Å². The predicted octanol–water partition coefficient (Wildman–Crippen LogP) is 1.92. The van der Waals surface area contributed by atoms with Gasteiger partial charge < -0.3 is 29.7 Å². The van der Waals surface area contributed by atoms with E-state index in [1.165, 1.54) is 0 Å². The van der Waals surface area contributed by atoms with Gasteiger partial charge in [0.05, 0.1) is 13.2 Å². The summed E-state index contributed by atoms with van der Waals surface area (Å²) in [6.07, 6.45) is 1.62. The smallest absolute Gasteiger partial charge is 0.138 e. The van der Waals surface area contributed by atoms with E-state index >= 15 is 0 Å². The predicted molar refractivity (Wildman–Crippen MR) is 116 cm³/mol. The lowest BCUT2D eigenvalue weighted by Crippen LogP contribution is -2.21. The molecule has 0 aliphatic rings. The molecule has 1 heterocycles. The van der Waals surface area contributed by atoms with E-state index in [-0.39, 0.29) is 19.8 Å². The summed E-state index contributed by atoms with van der Waals surface area (Å²) in [7, 11) is 0. The lowest BCUT2D eigenvalue weighted by atomic mass is 10.0. The van der Waals surface area contributed by atoms with Crippen molar-refractivity contribution in [1.82, 2.24) is 9.55 Å². The SMILES string of the molecule is C[C@H](O)c1nccn1C(C#Cc1ccc(-c2ccc(OCC(O)CO)cc2)cc1)CO. The van der Waals surface area contributed by atoms with Crippen LogP contribution in [0.3, 0.4) is 0 Å². The van der Waals surface area contributed by atoms with Crippen LogP contribution >= 0.6 is 0 Å². The van der Waals surface area contributed by atoms with Gasteiger partial charge in [0, 0.05) is 18.0 Å². The van der Waals surface area contributed by atoms with Crippen molar-refractivity contribution in [2.45, 2.75) is 25.2 Å². The molecule has 0 saturated carbocycles. The highest BCUT2D eigenvalue weighted by Crippen LogP contribution is 2.23. The molecule has 3 atom stereocenters. The molecule has 0 aliphatic heterocycles. The first-order valence-corrected chi connectivity index (χ1v) is 9.97. The Morgan fingerprint density at radius 1 is 0.968 bits per heavy atom. The summed E-state index contributed by atoms with van der Waals surface area (Å²) in [6.45, 7) is 1.13. The van der Waals surface area contributed by atoms with Crippen LogP contribution in [-0.4, -0.2) is 55.9 Å². The molecule has 0 amide bonds. The van der Waals surface area contributed by atoms with E-state index in [2.05, 4.69) is 16.8 Å². The van der Waals surface area contributed by atoms with Crippen LogP contribution in [-0.2, 0) is 0 Å². The van der Waals surface area contributed by atoms with Crippen molar-refractivity contribution in [3.63, 3.8) is 0 Å². The Bertz CT molecular complexity index is 1020. The summed E-state index contributed by atoms with van der Waals surface area (Å²) < 4.78 is 7.09. The fourth-order valence-corrected chi connectivity index (χ4v) is 3.02. The molecule has 1 aromatic heterocycles. The number of rotatable bonds is 8. The minimum Gasteiger partial charge on any atom is -0.491 e. The Hall–Kier alpha value is -3.15. The largest absolute Gasteiger partial charge is 0.491 e. The van der Waals surface area contributed by atoms with Crippen LogP contribution in [0.2, 0.25) is 0 Å². The number of aliphatic hydroxyl groups excluding tert-OH is 4. The molecule has 2 aromatic carbocycles. The summed E-state index contributed by atoms with van der Waals surface area (Å²) in [5.74, 6) is 7.18. The Morgan fingerprint density at radius 3 is 2.19 bits per heavy atom. The molecule has 0 spiro atoms. The van der Waals surface area contributed by atoms with Gasteiger partial charge in [0.1, 0.15) is 36.4 Å². The van der Waals surface area contributed by atoms with Crippen molar-refractivity contribution in [2.75, 3.05) is 19.8 Å². The van der Waals surface area contributed by atoms with Crippen molar-refractivity contribution >= 4 is 0 Å². The number of ether oxygens (including phenoxy) is 1. The molecule has 0 radical (unpaired) electrons. The Kier molecular flexibility index (Phi) is 7.82. The van der Waals surface area contributed by atoms with Crippen molar-refractivity contribution < 1.29 is 25.2 Å². The zero-order chi connectivity index (χ0) is 22.2. The second-order valence-corrected chi connectivity index (χ2v) is 7.09. The first kappa shape index (κ1) is 22.5. The number of hydrogen-bond donors (Lipinski definition) is 4. The van der Waals surface area contributed by atoms with Crippen molar-refractivity contribution in [3.05, 3.63) is 72.3 Å². The molecule has 31 heavy (non-hydrogen) atoms. The number of nitrogens with zero attached hydrogens (tertiary/aromatic N) is 2. The number of hydrogen-bond acceptors (Lipinski definition) is 6. The molecule has 4 N–H and O–H groups in total. The summed E-state index contributed by atoms with van der Waals surface area (Å²) in [6, 6.07) is 14.7. The molecule has 0 aliphatic carbocycles. The van der Waals surface area contributed by atoms with Gasteiger partial charge in [-0.2, -0.15) is 0 Å². The van der Waals surface area contributed by atoms with Crippen LogP contribution in [0.5, 0.6) is 5.75 Å². The number of imidazole rings is 1. The highest BCUT2D eigenvalue weighted by atomic mass is 16.5. The average molecular weight is 422 g/mol. The molecular formula is C24H26N2O5. The van der Waals surface area contributed by atoms with Crippen molar-refractivity contribution in [2.24, 2.45) is 0 Å². The second kappa shape index (κ2) is 10.8. The maximum atomic E-state index is 9.80. The van der Waals surface area contributed by atoms with E-state index in [4.69, 9.17) is 9.84 Å². The first-order valence-electron chi connectivity index (χ1n) is 9.97. The molecule has 0 bridgehead atoms. The monoisotopic (exact) mass is 422 g/mol. The number of aliphatic hydroxyl groups is 4. The highest BCUT2D eigenvalue weighted by molar-refractivity contribution is 5.65. The summed E-state index contributed by atoms with van der Waals surface area (Å²) in [5.41, 5.74) is 2.82. The minimum absolute atomic E-state index is 0.0375. The quantitative estimate of drug-likeness (QED) is 0.413. The molecule has 3 rings (SSSR count). The third kappa shape index (κ3) is 5.94. The van der Waals surface area contributed by atoms with Gasteiger partial charge in [-0.05, 0) is 42.3 Å². The molecule has 0 saturated heterocycles. The van der Waals surface area contributed by atoms with Gasteiger partial charge in [0.15, 0.2) is 0 Å². The highest BCUT2D eigenvalue weighted by Gasteiger charge is 2.14. The lowest BCUT2D eigenvalue weighted by Gasteiger charge is -2.14. The normalized spacial score (nSPS) is 13.7. The summed E-state index contributed by atoms with van der Waals surface area (Å²) in [4.78, 5) is 4.12. The van der Waals surface area contributed by atoms with E-state index in [1.54, 1.807) is 23.9 Å². The van der Waals surface area contributed by atoms with Crippen LogP contribution in [0.4, 0.5) is 0 Å². The van der Waals surface area contributed by atoms with Gasteiger partial charge >= 0.3 is 0 Å². The van der Waals surface area contributed by atoms with E-state index in [0.717, 1.165) is 16.7 Å². The molecule has 7 heteroatoms. The van der Waals surface area contributed by atoms with Gasteiger partial charge in [0.2, 0.25) is 0 Å². The van der Waals surface area contributed by atoms with Crippen LogP contribution < -0.4 is 4.74 Å².